The lowest BCUT2D eigenvalue weighted by molar-refractivity contribution is 1.18. The fourth-order valence-corrected chi connectivity index (χ4v) is 6.47. The molecule has 0 amide bonds. The highest BCUT2D eigenvalue weighted by molar-refractivity contribution is 9.11. The van der Waals surface area contributed by atoms with Gasteiger partial charge >= 0.3 is 0 Å². The molecule has 36 heavy (non-hydrogen) atoms. The van der Waals surface area contributed by atoms with E-state index in [1.807, 2.05) is 0 Å². The number of halogens is 2. The molecule has 0 radical (unpaired) electrons. The van der Waals surface area contributed by atoms with Crippen molar-refractivity contribution < 1.29 is 0 Å². The van der Waals surface area contributed by atoms with Gasteiger partial charge in [0.1, 0.15) is 0 Å². The third-order valence-corrected chi connectivity index (χ3v) is 8.66. The first kappa shape index (κ1) is 23.2. The highest BCUT2D eigenvalue weighted by Crippen LogP contribution is 2.46. The second kappa shape index (κ2) is 10.0. The molecule has 0 fully saturated rings. The fourth-order valence-electron chi connectivity index (χ4n) is 5.14. The van der Waals surface area contributed by atoms with Gasteiger partial charge in [-0.05, 0) is 101 Å². The van der Waals surface area contributed by atoms with Gasteiger partial charge in [0, 0.05) is 20.1 Å². The second-order valence-corrected chi connectivity index (χ2v) is 10.8. The predicted octanol–water partition coefficient (Wildman–Crippen LogP) is 10.4. The Bertz CT molecular complexity index is 1560. The standard InChI is InChI=1S/C34H24Br2/c35-33-27(19-23-11-3-1-4-12-23)21-25-15-7-9-17-29(25)31(33)32-30-18-10-8-16-26(30)22-28(34(32)36)20-24-13-5-2-6-14-24/h1-18,21-22H,19-20H2. The summed E-state index contributed by atoms with van der Waals surface area (Å²) < 4.78 is 2.32. The molecule has 0 aliphatic carbocycles. The van der Waals surface area contributed by atoms with E-state index in [9.17, 15) is 0 Å². The number of hydrogen-bond donors (Lipinski definition) is 0. The molecule has 0 spiro atoms. The molecule has 174 valence electrons. The maximum absolute atomic E-state index is 4.09. The molecule has 0 atom stereocenters. The van der Waals surface area contributed by atoms with E-state index in [0.29, 0.717) is 0 Å². The van der Waals surface area contributed by atoms with Crippen molar-refractivity contribution in [2.75, 3.05) is 0 Å². The molecule has 0 heterocycles. The van der Waals surface area contributed by atoms with Crippen molar-refractivity contribution in [3.63, 3.8) is 0 Å². The maximum atomic E-state index is 4.09. The molecule has 0 saturated heterocycles. The van der Waals surface area contributed by atoms with Gasteiger partial charge in [-0.2, -0.15) is 0 Å². The zero-order chi connectivity index (χ0) is 24.5. The van der Waals surface area contributed by atoms with Crippen LogP contribution in [0.15, 0.2) is 130 Å². The van der Waals surface area contributed by atoms with Crippen LogP contribution in [0.5, 0.6) is 0 Å². The van der Waals surface area contributed by atoms with Crippen LogP contribution in [0.3, 0.4) is 0 Å². The first-order valence-electron chi connectivity index (χ1n) is 12.2. The Morgan fingerprint density at radius 3 is 1.19 bits per heavy atom. The molecule has 0 aliphatic rings. The first-order valence-corrected chi connectivity index (χ1v) is 13.8. The van der Waals surface area contributed by atoms with Crippen LogP contribution < -0.4 is 0 Å². The molecule has 0 unspecified atom stereocenters. The van der Waals surface area contributed by atoms with Crippen molar-refractivity contribution in [1.29, 1.82) is 0 Å². The van der Waals surface area contributed by atoms with Crippen molar-refractivity contribution in [3.05, 3.63) is 153 Å². The van der Waals surface area contributed by atoms with E-state index in [0.717, 1.165) is 21.8 Å². The molecule has 0 N–H and O–H groups in total. The van der Waals surface area contributed by atoms with Gasteiger partial charge in [-0.3, -0.25) is 0 Å². The Kier molecular flexibility index (Phi) is 6.48. The van der Waals surface area contributed by atoms with Crippen LogP contribution in [0.25, 0.3) is 32.7 Å². The van der Waals surface area contributed by atoms with E-state index < -0.39 is 0 Å². The van der Waals surface area contributed by atoms with Gasteiger partial charge in [-0.1, -0.05) is 109 Å². The minimum atomic E-state index is 0.874. The minimum Gasteiger partial charge on any atom is -0.0622 e. The molecule has 0 aliphatic heterocycles. The average molecular weight is 592 g/mol. The van der Waals surface area contributed by atoms with Gasteiger partial charge in [-0.25, -0.2) is 0 Å². The SMILES string of the molecule is Brc1c(Cc2ccccc2)cc2ccccc2c1-c1c(Br)c(Cc2ccccc2)cc2ccccc12. The summed E-state index contributed by atoms with van der Waals surface area (Å²) in [4.78, 5) is 0. The van der Waals surface area contributed by atoms with Crippen molar-refractivity contribution in [2.24, 2.45) is 0 Å². The van der Waals surface area contributed by atoms with E-state index in [1.165, 1.54) is 54.9 Å². The molecule has 6 aromatic carbocycles. The summed E-state index contributed by atoms with van der Waals surface area (Å²) in [5, 5.41) is 5.02. The van der Waals surface area contributed by atoms with Gasteiger partial charge in [-0.15, -0.1) is 0 Å². The fraction of sp³-hybridized carbons (Fsp3) is 0.0588. The summed E-state index contributed by atoms with van der Waals surface area (Å²) in [5.41, 5.74) is 7.69. The highest BCUT2D eigenvalue weighted by atomic mass is 79.9. The summed E-state index contributed by atoms with van der Waals surface area (Å²) in [6, 6.07) is 43.6. The van der Waals surface area contributed by atoms with E-state index in [4.69, 9.17) is 0 Å². The average Bonchev–Trinajstić information content (AvgIpc) is 2.92. The van der Waals surface area contributed by atoms with E-state index in [1.54, 1.807) is 0 Å². The van der Waals surface area contributed by atoms with Crippen LogP contribution in [0.2, 0.25) is 0 Å². The van der Waals surface area contributed by atoms with Gasteiger partial charge in [0.05, 0.1) is 0 Å². The van der Waals surface area contributed by atoms with Gasteiger partial charge < -0.3 is 0 Å². The van der Waals surface area contributed by atoms with Crippen LogP contribution in [-0.4, -0.2) is 0 Å². The molecule has 0 bridgehead atoms. The molecule has 2 heteroatoms. The maximum Gasteiger partial charge on any atom is 0.0296 e. The summed E-state index contributed by atoms with van der Waals surface area (Å²) in [7, 11) is 0. The molecule has 0 nitrogen and oxygen atoms in total. The topological polar surface area (TPSA) is 0 Å². The third kappa shape index (κ3) is 4.40. The van der Waals surface area contributed by atoms with Crippen LogP contribution in [0, 0.1) is 0 Å². The molecular weight excluding hydrogens is 568 g/mol. The Morgan fingerprint density at radius 2 is 0.778 bits per heavy atom. The van der Waals surface area contributed by atoms with Gasteiger partial charge in [0.2, 0.25) is 0 Å². The van der Waals surface area contributed by atoms with Crippen LogP contribution in [-0.2, 0) is 12.8 Å². The Hall–Kier alpha value is -3.20. The van der Waals surface area contributed by atoms with Crippen molar-refractivity contribution in [1.82, 2.24) is 0 Å². The molecule has 6 rings (SSSR count). The smallest absolute Gasteiger partial charge is 0.0296 e. The van der Waals surface area contributed by atoms with Crippen LogP contribution >= 0.6 is 31.9 Å². The monoisotopic (exact) mass is 590 g/mol. The molecule has 0 saturated carbocycles. The zero-order valence-electron chi connectivity index (χ0n) is 19.7. The number of hydrogen-bond acceptors (Lipinski definition) is 0. The lowest BCUT2D eigenvalue weighted by Gasteiger charge is -2.20. The first-order chi connectivity index (χ1) is 17.7. The Morgan fingerprint density at radius 1 is 0.417 bits per heavy atom. The number of rotatable bonds is 5. The predicted molar refractivity (Wildman–Crippen MR) is 161 cm³/mol. The van der Waals surface area contributed by atoms with Crippen molar-refractivity contribution >= 4 is 53.4 Å². The summed E-state index contributed by atoms with van der Waals surface area (Å²) in [6.45, 7) is 0. The van der Waals surface area contributed by atoms with Crippen LogP contribution in [0.1, 0.15) is 22.3 Å². The minimum absolute atomic E-state index is 0.874. The molecule has 6 aromatic rings. The highest BCUT2D eigenvalue weighted by Gasteiger charge is 2.20. The third-order valence-electron chi connectivity index (χ3n) is 6.85. The van der Waals surface area contributed by atoms with E-state index in [2.05, 4.69) is 153 Å². The second-order valence-electron chi connectivity index (χ2n) is 9.22. The lowest BCUT2D eigenvalue weighted by Crippen LogP contribution is -1.98. The van der Waals surface area contributed by atoms with E-state index >= 15 is 0 Å². The van der Waals surface area contributed by atoms with Gasteiger partial charge in [0.25, 0.3) is 0 Å². The van der Waals surface area contributed by atoms with Crippen molar-refractivity contribution in [3.8, 4) is 11.1 Å². The van der Waals surface area contributed by atoms with E-state index in [-0.39, 0.29) is 0 Å². The lowest BCUT2D eigenvalue weighted by atomic mass is 9.88. The Balaban J connectivity index is 1.64. The largest absolute Gasteiger partial charge is 0.0622 e. The number of fused-ring (bicyclic) bond motifs is 2. The van der Waals surface area contributed by atoms with Crippen molar-refractivity contribution in [2.45, 2.75) is 12.8 Å². The summed E-state index contributed by atoms with van der Waals surface area (Å²) in [6.07, 6.45) is 1.75. The van der Waals surface area contributed by atoms with Crippen LogP contribution in [0.4, 0.5) is 0 Å². The number of benzene rings is 6. The van der Waals surface area contributed by atoms with Gasteiger partial charge in [0.15, 0.2) is 0 Å². The summed E-state index contributed by atoms with van der Waals surface area (Å²) in [5.74, 6) is 0. The quantitative estimate of drug-likeness (QED) is 0.187. The Labute approximate surface area is 228 Å². The molecular formula is C34H24Br2. The molecule has 0 aromatic heterocycles. The normalized spacial score (nSPS) is 11.3. The zero-order valence-corrected chi connectivity index (χ0v) is 22.9. The summed E-state index contributed by atoms with van der Waals surface area (Å²) >= 11 is 8.17.